The first kappa shape index (κ1) is 11.8. The van der Waals surface area contributed by atoms with Crippen LogP contribution < -0.4 is 11.1 Å². The number of terminal acetylenes is 1. The first-order valence-corrected chi connectivity index (χ1v) is 5.13. The van der Waals surface area contributed by atoms with Crippen molar-refractivity contribution in [2.75, 3.05) is 13.1 Å². The zero-order valence-electron chi connectivity index (χ0n) is 9.38. The molecule has 2 nitrogen and oxygen atoms in total. The van der Waals surface area contributed by atoms with Gasteiger partial charge in [0.25, 0.3) is 0 Å². The van der Waals surface area contributed by atoms with Crippen molar-refractivity contribution >= 4 is 0 Å². The zero-order valence-corrected chi connectivity index (χ0v) is 9.38. The monoisotopic (exact) mass is 202 g/mol. The Morgan fingerprint density at radius 2 is 2.20 bits per heavy atom. The summed E-state index contributed by atoms with van der Waals surface area (Å²) in [5, 5.41) is 3.24. The Kier molecular flexibility index (Phi) is 4.36. The second-order valence-corrected chi connectivity index (χ2v) is 3.66. The average Bonchev–Trinajstić information content (AvgIpc) is 2.25. The van der Waals surface area contributed by atoms with Crippen LogP contribution in [0.2, 0.25) is 0 Å². The topological polar surface area (TPSA) is 38.0 Å². The average molecular weight is 202 g/mol. The van der Waals surface area contributed by atoms with E-state index >= 15 is 0 Å². The highest BCUT2D eigenvalue weighted by Gasteiger charge is 2.11. The summed E-state index contributed by atoms with van der Waals surface area (Å²) in [5.41, 5.74) is 9.55. The largest absolute Gasteiger partial charge is 0.329 e. The first-order chi connectivity index (χ1) is 7.20. The second-order valence-electron chi connectivity index (χ2n) is 3.66. The van der Waals surface area contributed by atoms with Crippen LogP contribution in [0.3, 0.4) is 0 Å². The molecule has 0 amide bonds. The van der Waals surface area contributed by atoms with E-state index in [0.717, 1.165) is 0 Å². The summed E-state index contributed by atoms with van der Waals surface area (Å²) in [6, 6.07) is 6.41. The van der Waals surface area contributed by atoms with Gasteiger partial charge in [0.05, 0.1) is 6.54 Å². The van der Waals surface area contributed by atoms with Gasteiger partial charge in [-0.25, -0.2) is 0 Å². The Morgan fingerprint density at radius 3 is 2.80 bits per heavy atom. The molecule has 0 bridgehead atoms. The molecule has 0 heterocycles. The standard InChI is InChI=1S/C13H18N2/c1-4-8-15-13(9-14)12-7-5-6-10(2)11(12)3/h1,5-7,13,15H,8-9,14H2,2-3H3. The lowest BCUT2D eigenvalue weighted by Crippen LogP contribution is -2.29. The summed E-state index contributed by atoms with van der Waals surface area (Å²) in [7, 11) is 0. The fourth-order valence-electron chi connectivity index (χ4n) is 1.65. The number of rotatable bonds is 4. The van der Waals surface area contributed by atoms with Crippen LogP contribution in [-0.2, 0) is 0 Å². The lowest BCUT2D eigenvalue weighted by molar-refractivity contribution is 0.579. The van der Waals surface area contributed by atoms with E-state index in [1.165, 1.54) is 16.7 Å². The van der Waals surface area contributed by atoms with Gasteiger partial charge in [0.2, 0.25) is 0 Å². The zero-order chi connectivity index (χ0) is 11.3. The molecule has 0 fully saturated rings. The highest BCUT2D eigenvalue weighted by atomic mass is 14.9. The normalized spacial score (nSPS) is 12.1. The maximum absolute atomic E-state index is 5.73. The molecule has 0 aromatic heterocycles. The Balaban J connectivity index is 2.92. The SMILES string of the molecule is C#CCNC(CN)c1cccc(C)c1C. The summed E-state index contributed by atoms with van der Waals surface area (Å²) in [6.45, 7) is 5.33. The van der Waals surface area contributed by atoms with Crippen molar-refractivity contribution in [1.82, 2.24) is 5.32 Å². The predicted molar refractivity (Wildman–Crippen MR) is 64.5 cm³/mol. The molecular weight excluding hydrogens is 184 g/mol. The third-order valence-corrected chi connectivity index (χ3v) is 2.71. The predicted octanol–water partition coefficient (Wildman–Crippen LogP) is 1.53. The molecule has 0 aliphatic heterocycles. The van der Waals surface area contributed by atoms with Gasteiger partial charge >= 0.3 is 0 Å². The van der Waals surface area contributed by atoms with Gasteiger partial charge in [0.1, 0.15) is 0 Å². The summed E-state index contributed by atoms with van der Waals surface area (Å²) < 4.78 is 0. The van der Waals surface area contributed by atoms with Crippen molar-refractivity contribution in [2.24, 2.45) is 5.73 Å². The van der Waals surface area contributed by atoms with Gasteiger partial charge in [-0.2, -0.15) is 0 Å². The van der Waals surface area contributed by atoms with Gasteiger partial charge in [0, 0.05) is 12.6 Å². The van der Waals surface area contributed by atoms with Crippen LogP contribution in [0.4, 0.5) is 0 Å². The number of hydrogen-bond donors (Lipinski definition) is 2. The van der Waals surface area contributed by atoms with E-state index < -0.39 is 0 Å². The molecule has 1 unspecified atom stereocenters. The molecular formula is C13H18N2. The summed E-state index contributed by atoms with van der Waals surface area (Å²) in [4.78, 5) is 0. The van der Waals surface area contributed by atoms with Crippen LogP contribution >= 0.6 is 0 Å². The Bertz CT molecular complexity index is 363. The van der Waals surface area contributed by atoms with E-state index in [-0.39, 0.29) is 6.04 Å². The van der Waals surface area contributed by atoms with E-state index in [2.05, 4.69) is 43.3 Å². The van der Waals surface area contributed by atoms with Gasteiger partial charge in [-0.05, 0) is 30.5 Å². The molecule has 2 heteroatoms. The van der Waals surface area contributed by atoms with Gasteiger partial charge in [0.15, 0.2) is 0 Å². The van der Waals surface area contributed by atoms with Gasteiger partial charge in [-0.15, -0.1) is 6.42 Å². The van der Waals surface area contributed by atoms with Crippen molar-refractivity contribution in [3.05, 3.63) is 34.9 Å². The third-order valence-electron chi connectivity index (χ3n) is 2.71. The maximum atomic E-state index is 5.73. The summed E-state index contributed by atoms with van der Waals surface area (Å²) in [6.07, 6.45) is 5.22. The van der Waals surface area contributed by atoms with Crippen LogP contribution in [0.25, 0.3) is 0 Å². The quantitative estimate of drug-likeness (QED) is 0.727. The Morgan fingerprint density at radius 1 is 1.47 bits per heavy atom. The van der Waals surface area contributed by atoms with Crippen molar-refractivity contribution in [3.63, 3.8) is 0 Å². The molecule has 15 heavy (non-hydrogen) atoms. The molecule has 0 radical (unpaired) electrons. The van der Waals surface area contributed by atoms with Crippen molar-refractivity contribution < 1.29 is 0 Å². The fraction of sp³-hybridized carbons (Fsp3) is 0.385. The number of benzene rings is 1. The van der Waals surface area contributed by atoms with Gasteiger partial charge in [-0.3, -0.25) is 5.32 Å². The second kappa shape index (κ2) is 5.55. The molecule has 0 spiro atoms. The molecule has 3 N–H and O–H groups in total. The highest BCUT2D eigenvalue weighted by molar-refractivity contribution is 5.35. The van der Waals surface area contributed by atoms with E-state index in [0.29, 0.717) is 13.1 Å². The Labute approximate surface area is 91.9 Å². The van der Waals surface area contributed by atoms with Crippen LogP contribution in [0.1, 0.15) is 22.7 Å². The molecule has 80 valence electrons. The molecule has 0 aliphatic carbocycles. The number of nitrogens with one attached hydrogen (secondary N) is 1. The van der Waals surface area contributed by atoms with Crippen molar-refractivity contribution in [3.8, 4) is 12.3 Å². The maximum Gasteiger partial charge on any atom is 0.0578 e. The van der Waals surface area contributed by atoms with Crippen LogP contribution in [0.15, 0.2) is 18.2 Å². The summed E-state index contributed by atoms with van der Waals surface area (Å²) in [5.74, 6) is 2.57. The molecule has 0 saturated heterocycles. The minimum atomic E-state index is 0.154. The van der Waals surface area contributed by atoms with E-state index in [4.69, 9.17) is 12.2 Å². The van der Waals surface area contributed by atoms with Gasteiger partial charge in [-0.1, -0.05) is 24.1 Å². The minimum absolute atomic E-state index is 0.154. The van der Waals surface area contributed by atoms with Crippen LogP contribution in [0, 0.1) is 26.2 Å². The van der Waals surface area contributed by atoms with E-state index in [1.54, 1.807) is 0 Å². The Hall–Kier alpha value is -1.30. The molecule has 1 aromatic rings. The molecule has 0 aliphatic rings. The van der Waals surface area contributed by atoms with E-state index in [9.17, 15) is 0 Å². The highest BCUT2D eigenvalue weighted by Crippen LogP contribution is 2.19. The number of nitrogens with two attached hydrogens (primary N) is 1. The number of hydrogen-bond acceptors (Lipinski definition) is 2. The van der Waals surface area contributed by atoms with Crippen LogP contribution in [-0.4, -0.2) is 13.1 Å². The first-order valence-electron chi connectivity index (χ1n) is 5.13. The van der Waals surface area contributed by atoms with Crippen LogP contribution in [0.5, 0.6) is 0 Å². The molecule has 1 atom stereocenters. The molecule has 1 rings (SSSR count). The van der Waals surface area contributed by atoms with Crippen molar-refractivity contribution in [2.45, 2.75) is 19.9 Å². The number of aryl methyl sites for hydroxylation is 1. The molecule has 1 aromatic carbocycles. The van der Waals surface area contributed by atoms with Gasteiger partial charge < -0.3 is 5.73 Å². The molecule has 0 saturated carbocycles. The minimum Gasteiger partial charge on any atom is -0.329 e. The summed E-state index contributed by atoms with van der Waals surface area (Å²) >= 11 is 0. The van der Waals surface area contributed by atoms with Crippen molar-refractivity contribution in [1.29, 1.82) is 0 Å². The lowest BCUT2D eigenvalue weighted by Gasteiger charge is -2.19. The smallest absolute Gasteiger partial charge is 0.0578 e. The van der Waals surface area contributed by atoms with E-state index in [1.807, 2.05) is 0 Å². The fourth-order valence-corrected chi connectivity index (χ4v) is 1.65. The third kappa shape index (κ3) is 2.82. The lowest BCUT2D eigenvalue weighted by atomic mass is 9.97.